The van der Waals surface area contributed by atoms with Gasteiger partial charge in [0.25, 0.3) is 0 Å². The molecule has 2 aromatic rings. The van der Waals surface area contributed by atoms with Crippen molar-refractivity contribution in [1.82, 2.24) is 0 Å². The van der Waals surface area contributed by atoms with Crippen molar-refractivity contribution in [3.63, 3.8) is 0 Å². The van der Waals surface area contributed by atoms with Crippen molar-refractivity contribution in [2.75, 3.05) is 13.7 Å². The van der Waals surface area contributed by atoms with E-state index in [1.807, 2.05) is 56.3 Å². The average molecular weight is 314 g/mol. The molecule has 0 atom stereocenters. The van der Waals surface area contributed by atoms with Crippen LogP contribution in [0.1, 0.15) is 30.6 Å². The Kier molecular flexibility index (Phi) is 5.90. The van der Waals surface area contributed by atoms with Crippen molar-refractivity contribution >= 4 is 5.97 Å². The van der Waals surface area contributed by atoms with Gasteiger partial charge in [-0.1, -0.05) is 48.5 Å². The number of ether oxygens (including phenoxy) is 1. The van der Waals surface area contributed by atoms with Gasteiger partial charge >= 0.3 is 5.97 Å². The third-order valence-electron chi connectivity index (χ3n) is 3.71. The summed E-state index contributed by atoms with van der Waals surface area (Å²) in [5.41, 5.74) is 1.94. The molecule has 0 aliphatic carbocycles. The number of rotatable bonds is 7. The number of benzene rings is 2. The standard InChI is InChI=1S/C19H22O4/c1-19(2,21-3)13-14-22-23-18(20)17-12-8-7-11-16(17)15-9-5-4-6-10-15/h4-12H,13-14H2,1-3H3. The van der Waals surface area contributed by atoms with Crippen molar-refractivity contribution in [2.24, 2.45) is 0 Å². The summed E-state index contributed by atoms with van der Waals surface area (Å²) in [4.78, 5) is 22.2. The quantitative estimate of drug-likeness (QED) is 0.435. The maximum absolute atomic E-state index is 12.3. The molecule has 0 spiro atoms. The van der Waals surface area contributed by atoms with Crippen LogP contribution >= 0.6 is 0 Å². The first-order valence-electron chi connectivity index (χ1n) is 7.57. The van der Waals surface area contributed by atoms with Crippen LogP contribution in [0.5, 0.6) is 0 Å². The smallest absolute Gasteiger partial charge is 0.373 e. The van der Waals surface area contributed by atoms with Gasteiger partial charge in [-0.15, -0.1) is 0 Å². The Balaban J connectivity index is 2.01. The summed E-state index contributed by atoms with van der Waals surface area (Å²) in [7, 11) is 1.64. The van der Waals surface area contributed by atoms with Crippen molar-refractivity contribution in [3.8, 4) is 11.1 Å². The van der Waals surface area contributed by atoms with Gasteiger partial charge in [-0.3, -0.25) is 4.89 Å². The van der Waals surface area contributed by atoms with Gasteiger partial charge in [0, 0.05) is 13.5 Å². The van der Waals surface area contributed by atoms with E-state index in [-0.39, 0.29) is 12.2 Å². The van der Waals surface area contributed by atoms with E-state index in [0.29, 0.717) is 12.0 Å². The summed E-state index contributed by atoms with van der Waals surface area (Å²) < 4.78 is 5.29. The first-order chi connectivity index (χ1) is 11.0. The molecule has 0 aliphatic rings. The van der Waals surface area contributed by atoms with E-state index >= 15 is 0 Å². The predicted molar refractivity (Wildman–Crippen MR) is 89.0 cm³/mol. The van der Waals surface area contributed by atoms with E-state index in [9.17, 15) is 4.79 Å². The highest BCUT2D eigenvalue weighted by Gasteiger charge is 2.18. The predicted octanol–water partition coefficient (Wildman–Crippen LogP) is 4.26. The second-order valence-electron chi connectivity index (χ2n) is 5.82. The van der Waals surface area contributed by atoms with Gasteiger partial charge in [0.15, 0.2) is 0 Å². The summed E-state index contributed by atoms with van der Waals surface area (Å²) in [6.07, 6.45) is 0.622. The summed E-state index contributed by atoms with van der Waals surface area (Å²) in [5.74, 6) is -0.500. The van der Waals surface area contributed by atoms with Gasteiger partial charge in [-0.25, -0.2) is 4.79 Å². The summed E-state index contributed by atoms with van der Waals surface area (Å²) in [5, 5.41) is 0. The fraction of sp³-hybridized carbons (Fsp3) is 0.316. The molecule has 4 heteroatoms. The third-order valence-corrected chi connectivity index (χ3v) is 3.71. The number of carbonyl (C=O) groups is 1. The minimum Gasteiger partial charge on any atom is -0.379 e. The Morgan fingerprint density at radius 2 is 1.65 bits per heavy atom. The zero-order valence-electron chi connectivity index (χ0n) is 13.7. The fourth-order valence-corrected chi connectivity index (χ4v) is 2.06. The molecule has 0 N–H and O–H groups in total. The molecule has 2 aromatic carbocycles. The molecule has 0 aliphatic heterocycles. The first-order valence-corrected chi connectivity index (χ1v) is 7.57. The minimum absolute atomic E-state index is 0.278. The van der Waals surface area contributed by atoms with E-state index in [4.69, 9.17) is 14.5 Å². The number of methoxy groups -OCH3 is 1. The highest BCUT2D eigenvalue weighted by molar-refractivity contribution is 5.96. The second-order valence-corrected chi connectivity index (χ2v) is 5.82. The molecule has 4 nitrogen and oxygen atoms in total. The largest absolute Gasteiger partial charge is 0.379 e. The van der Waals surface area contributed by atoms with Gasteiger partial charge < -0.3 is 4.74 Å². The molecule has 2 rings (SSSR count). The van der Waals surface area contributed by atoms with Crippen LogP contribution in [0.2, 0.25) is 0 Å². The van der Waals surface area contributed by atoms with Crippen molar-refractivity contribution in [2.45, 2.75) is 25.9 Å². The Bertz CT molecular complexity index is 635. The van der Waals surface area contributed by atoms with Crippen molar-refractivity contribution in [1.29, 1.82) is 0 Å². The minimum atomic E-state index is -0.500. The molecule has 122 valence electrons. The number of hydrogen-bond acceptors (Lipinski definition) is 4. The molecule has 0 unspecified atom stereocenters. The molecule has 0 radical (unpaired) electrons. The third kappa shape index (κ3) is 4.91. The lowest BCUT2D eigenvalue weighted by atomic mass is 10.00. The van der Waals surface area contributed by atoms with Crippen molar-refractivity contribution < 1.29 is 19.3 Å². The molecule has 0 bridgehead atoms. The van der Waals surface area contributed by atoms with E-state index in [0.717, 1.165) is 11.1 Å². The Morgan fingerprint density at radius 3 is 2.35 bits per heavy atom. The van der Waals surface area contributed by atoms with Gasteiger partial charge in [-0.2, -0.15) is 4.89 Å². The molecule has 0 fully saturated rings. The SMILES string of the molecule is COC(C)(C)CCOOC(=O)c1ccccc1-c1ccccc1. The molecular formula is C19H22O4. The van der Waals surface area contributed by atoms with E-state index in [2.05, 4.69) is 0 Å². The molecule has 0 amide bonds. The van der Waals surface area contributed by atoms with Gasteiger partial charge in [-0.05, 0) is 31.0 Å². The van der Waals surface area contributed by atoms with E-state index < -0.39 is 5.97 Å². The second kappa shape index (κ2) is 7.90. The topological polar surface area (TPSA) is 44.8 Å². The monoisotopic (exact) mass is 314 g/mol. The van der Waals surface area contributed by atoms with Crippen molar-refractivity contribution in [3.05, 3.63) is 60.2 Å². The van der Waals surface area contributed by atoms with Crippen LogP contribution in [-0.2, 0) is 14.5 Å². The van der Waals surface area contributed by atoms with Crippen LogP contribution in [-0.4, -0.2) is 25.3 Å². The lowest BCUT2D eigenvalue weighted by Crippen LogP contribution is -2.24. The van der Waals surface area contributed by atoms with Gasteiger partial charge in [0.05, 0.1) is 17.8 Å². The highest BCUT2D eigenvalue weighted by Crippen LogP contribution is 2.24. The van der Waals surface area contributed by atoms with Crippen LogP contribution in [0.15, 0.2) is 54.6 Å². The molecule has 0 saturated heterocycles. The van der Waals surface area contributed by atoms with E-state index in [1.165, 1.54) is 0 Å². The molecule has 0 heterocycles. The summed E-state index contributed by atoms with van der Waals surface area (Å²) in [6.45, 7) is 4.17. The highest BCUT2D eigenvalue weighted by atomic mass is 17.2. The Labute approximate surface area is 136 Å². The molecule has 0 aromatic heterocycles. The van der Waals surface area contributed by atoms with Crippen LogP contribution in [0.4, 0.5) is 0 Å². The van der Waals surface area contributed by atoms with Crippen LogP contribution in [0.3, 0.4) is 0 Å². The normalized spacial score (nSPS) is 11.3. The van der Waals surface area contributed by atoms with E-state index in [1.54, 1.807) is 19.2 Å². The average Bonchev–Trinajstić information content (AvgIpc) is 2.59. The molecular weight excluding hydrogens is 292 g/mol. The maximum Gasteiger partial charge on any atom is 0.373 e. The zero-order chi connectivity index (χ0) is 16.7. The van der Waals surface area contributed by atoms with Gasteiger partial charge in [0.2, 0.25) is 0 Å². The number of hydrogen-bond donors (Lipinski definition) is 0. The Morgan fingerprint density at radius 1 is 1.00 bits per heavy atom. The van der Waals surface area contributed by atoms with Crippen LogP contribution < -0.4 is 0 Å². The summed E-state index contributed by atoms with van der Waals surface area (Å²) >= 11 is 0. The lowest BCUT2D eigenvalue weighted by Gasteiger charge is -2.21. The lowest BCUT2D eigenvalue weighted by molar-refractivity contribution is -0.247. The summed E-state index contributed by atoms with van der Waals surface area (Å²) in [6, 6.07) is 17.0. The van der Waals surface area contributed by atoms with Gasteiger partial charge in [0.1, 0.15) is 0 Å². The van der Waals surface area contributed by atoms with Crippen LogP contribution in [0.25, 0.3) is 11.1 Å². The number of carbonyl (C=O) groups excluding carboxylic acids is 1. The van der Waals surface area contributed by atoms with Crippen LogP contribution in [0, 0.1) is 0 Å². The maximum atomic E-state index is 12.3. The first kappa shape index (κ1) is 17.2. The molecule has 0 saturated carbocycles. The molecule has 23 heavy (non-hydrogen) atoms. The Hall–Kier alpha value is -2.17. The zero-order valence-corrected chi connectivity index (χ0v) is 13.7. The fourth-order valence-electron chi connectivity index (χ4n) is 2.06.